The topological polar surface area (TPSA) is 49.8 Å². The van der Waals surface area contributed by atoms with Gasteiger partial charge < -0.3 is 9.84 Å². The normalized spacial score (nSPS) is 34.2. The summed E-state index contributed by atoms with van der Waals surface area (Å²) in [5, 5.41) is 10.2. The van der Waals surface area contributed by atoms with E-state index in [1.165, 1.54) is 0 Å². The number of esters is 1. The molecule has 4 nitrogen and oxygen atoms in total. The number of likely N-dealkylation sites (tertiary alicyclic amines) is 1. The number of carbonyl (C=O) groups excluding carboxylic acids is 1. The Labute approximate surface area is 109 Å². The standard InChI is InChI=1S/C14H25NO3/c1-2-18-14(17)12-8-5-6-10-15(12)11-7-3-4-9-13(11)16/h11-13,16H,2-10H2,1H3/t11-,12?,13-/m1/s1. The highest BCUT2D eigenvalue weighted by atomic mass is 16.5. The first-order valence-corrected chi connectivity index (χ1v) is 7.34. The Morgan fingerprint density at radius 1 is 1.22 bits per heavy atom. The molecule has 0 aromatic carbocycles. The number of aliphatic hydroxyl groups is 1. The quantitative estimate of drug-likeness (QED) is 0.780. The highest BCUT2D eigenvalue weighted by molar-refractivity contribution is 5.76. The zero-order valence-electron chi connectivity index (χ0n) is 11.3. The Kier molecular flexibility index (Phi) is 5.01. The number of nitrogens with zero attached hydrogens (tertiary/aromatic N) is 1. The molecular formula is C14H25NO3. The maximum Gasteiger partial charge on any atom is 0.323 e. The van der Waals surface area contributed by atoms with E-state index < -0.39 is 0 Å². The lowest BCUT2D eigenvalue weighted by Crippen LogP contribution is -2.55. The van der Waals surface area contributed by atoms with E-state index in [0.29, 0.717) is 6.61 Å². The summed E-state index contributed by atoms with van der Waals surface area (Å²) in [5.74, 6) is -0.102. The molecule has 18 heavy (non-hydrogen) atoms. The molecule has 0 aromatic heterocycles. The van der Waals surface area contributed by atoms with Gasteiger partial charge in [-0.1, -0.05) is 19.3 Å². The molecule has 1 aliphatic heterocycles. The van der Waals surface area contributed by atoms with Crippen LogP contribution in [0.4, 0.5) is 0 Å². The first kappa shape index (κ1) is 13.8. The Morgan fingerprint density at radius 2 is 1.94 bits per heavy atom. The minimum absolute atomic E-state index is 0.102. The second-order valence-corrected chi connectivity index (χ2v) is 5.42. The Hall–Kier alpha value is -0.610. The molecule has 1 N–H and O–H groups in total. The van der Waals surface area contributed by atoms with Crippen LogP contribution in [0.25, 0.3) is 0 Å². The maximum atomic E-state index is 12.0. The molecule has 0 aromatic rings. The molecule has 1 saturated heterocycles. The summed E-state index contributed by atoms with van der Waals surface area (Å²) in [5.41, 5.74) is 0. The summed E-state index contributed by atoms with van der Waals surface area (Å²) in [6.07, 6.45) is 6.97. The Bertz CT molecular complexity index is 282. The summed E-state index contributed by atoms with van der Waals surface area (Å²) >= 11 is 0. The Morgan fingerprint density at radius 3 is 2.67 bits per heavy atom. The summed E-state index contributed by atoms with van der Waals surface area (Å²) in [7, 11) is 0. The van der Waals surface area contributed by atoms with Crippen molar-refractivity contribution < 1.29 is 14.6 Å². The van der Waals surface area contributed by atoms with Gasteiger partial charge >= 0.3 is 5.97 Å². The van der Waals surface area contributed by atoms with Gasteiger partial charge in [0.15, 0.2) is 0 Å². The van der Waals surface area contributed by atoms with Crippen LogP contribution in [0.15, 0.2) is 0 Å². The van der Waals surface area contributed by atoms with Gasteiger partial charge in [-0.25, -0.2) is 0 Å². The molecule has 4 heteroatoms. The van der Waals surface area contributed by atoms with Crippen molar-refractivity contribution in [1.82, 2.24) is 4.90 Å². The molecular weight excluding hydrogens is 230 g/mol. The molecule has 2 rings (SSSR count). The number of carbonyl (C=O) groups is 1. The van der Waals surface area contributed by atoms with Crippen LogP contribution >= 0.6 is 0 Å². The summed E-state index contributed by atoms with van der Waals surface area (Å²) in [6.45, 7) is 3.21. The number of hydrogen-bond acceptors (Lipinski definition) is 4. The van der Waals surface area contributed by atoms with Crippen LogP contribution in [0.5, 0.6) is 0 Å². The lowest BCUT2D eigenvalue weighted by Gasteiger charge is -2.43. The number of ether oxygens (including phenoxy) is 1. The second kappa shape index (κ2) is 6.53. The van der Waals surface area contributed by atoms with E-state index in [9.17, 15) is 9.90 Å². The van der Waals surface area contributed by atoms with Crippen molar-refractivity contribution in [1.29, 1.82) is 0 Å². The first-order valence-electron chi connectivity index (χ1n) is 7.34. The van der Waals surface area contributed by atoms with Crippen molar-refractivity contribution in [3.05, 3.63) is 0 Å². The molecule has 2 fully saturated rings. The fourth-order valence-corrected chi connectivity index (χ4v) is 3.32. The van der Waals surface area contributed by atoms with Crippen molar-refractivity contribution in [2.45, 2.75) is 70.1 Å². The van der Waals surface area contributed by atoms with Gasteiger partial charge in [-0.3, -0.25) is 9.69 Å². The van der Waals surface area contributed by atoms with Gasteiger partial charge in [0.25, 0.3) is 0 Å². The van der Waals surface area contributed by atoms with Crippen LogP contribution in [0.2, 0.25) is 0 Å². The molecule has 0 amide bonds. The summed E-state index contributed by atoms with van der Waals surface area (Å²) in [6, 6.07) is 0.0323. The predicted octanol–water partition coefficient (Wildman–Crippen LogP) is 1.71. The number of aliphatic hydroxyl groups excluding tert-OH is 1. The van der Waals surface area contributed by atoms with Crippen LogP contribution in [0.1, 0.15) is 51.9 Å². The van der Waals surface area contributed by atoms with Crippen molar-refractivity contribution in [3.8, 4) is 0 Å². The smallest absolute Gasteiger partial charge is 0.323 e. The Balaban J connectivity index is 2.04. The van der Waals surface area contributed by atoms with E-state index in [-0.39, 0.29) is 24.2 Å². The fraction of sp³-hybridized carbons (Fsp3) is 0.929. The molecule has 0 bridgehead atoms. The van der Waals surface area contributed by atoms with Crippen LogP contribution in [-0.4, -0.2) is 47.3 Å². The summed E-state index contributed by atoms with van der Waals surface area (Å²) in [4.78, 5) is 14.2. The van der Waals surface area contributed by atoms with Crippen LogP contribution in [-0.2, 0) is 9.53 Å². The zero-order chi connectivity index (χ0) is 13.0. The second-order valence-electron chi connectivity index (χ2n) is 5.42. The molecule has 104 valence electrons. The van der Waals surface area contributed by atoms with Gasteiger partial charge in [0.05, 0.1) is 12.7 Å². The van der Waals surface area contributed by atoms with Crippen molar-refractivity contribution >= 4 is 5.97 Å². The van der Waals surface area contributed by atoms with E-state index in [4.69, 9.17) is 4.74 Å². The van der Waals surface area contributed by atoms with Gasteiger partial charge in [0.1, 0.15) is 6.04 Å². The number of rotatable bonds is 3. The third-order valence-electron chi connectivity index (χ3n) is 4.22. The van der Waals surface area contributed by atoms with Crippen molar-refractivity contribution in [3.63, 3.8) is 0 Å². The summed E-state index contributed by atoms with van der Waals surface area (Å²) < 4.78 is 5.18. The fourth-order valence-electron chi connectivity index (χ4n) is 3.32. The largest absolute Gasteiger partial charge is 0.465 e. The molecule has 0 radical (unpaired) electrons. The molecule has 1 unspecified atom stereocenters. The molecule has 1 saturated carbocycles. The van der Waals surface area contributed by atoms with Crippen molar-refractivity contribution in [2.75, 3.05) is 13.2 Å². The number of hydrogen-bond donors (Lipinski definition) is 1. The predicted molar refractivity (Wildman–Crippen MR) is 69.2 cm³/mol. The van der Waals surface area contributed by atoms with Crippen LogP contribution in [0.3, 0.4) is 0 Å². The lowest BCUT2D eigenvalue weighted by atomic mass is 9.88. The van der Waals surface area contributed by atoms with E-state index in [1.807, 2.05) is 6.92 Å². The minimum atomic E-state index is -0.270. The highest BCUT2D eigenvalue weighted by Crippen LogP contribution is 2.29. The zero-order valence-corrected chi connectivity index (χ0v) is 11.3. The van der Waals surface area contributed by atoms with E-state index in [2.05, 4.69) is 4.90 Å². The highest BCUT2D eigenvalue weighted by Gasteiger charge is 2.38. The van der Waals surface area contributed by atoms with Gasteiger partial charge in [-0.15, -0.1) is 0 Å². The van der Waals surface area contributed by atoms with Gasteiger partial charge in [-0.05, 0) is 39.2 Å². The number of piperidine rings is 1. The molecule has 2 aliphatic rings. The van der Waals surface area contributed by atoms with Crippen LogP contribution in [0, 0.1) is 0 Å². The van der Waals surface area contributed by atoms with E-state index >= 15 is 0 Å². The molecule has 3 atom stereocenters. The minimum Gasteiger partial charge on any atom is -0.465 e. The first-order chi connectivity index (χ1) is 8.74. The SMILES string of the molecule is CCOC(=O)C1CCCCN1[C@@H]1CCCC[C@H]1O. The monoisotopic (exact) mass is 255 g/mol. The maximum absolute atomic E-state index is 12.0. The lowest BCUT2D eigenvalue weighted by molar-refractivity contribution is -0.154. The third kappa shape index (κ3) is 3.04. The average molecular weight is 255 g/mol. The van der Waals surface area contributed by atoms with Gasteiger partial charge in [-0.2, -0.15) is 0 Å². The van der Waals surface area contributed by atoms with E-state index in [0.717, 1.165) is 51.5 Å². The van der Waals surface area contributed by atoms with Crippen molar-refractivity contribution in [2.24, 2.45) is 0 Å². The molecule has 1 heterocycles. The van der Waals surface area contributed by atoms with Gasteiger partial charge in [0.2, 0.25) is 0 Å². The molecule has 0 spiro atoms. The average Bonchev–Trinajstić information content (AvgIpc) is 2.40. The van der Waals surface area contributed by atoms with Gasteiger partial charge in [0, 0.05) is 6.04 Å². The third-order valence-corrected chi connectivity index (χ3v) is 4.22. The van der Waals surface area contributed by atoms with Crippen LogP contribution < -0.4 is 0 Å². The molecule has 1 aliphatic carbocycles. The van der Waals surface area contributed by atoms with E-state index in [1.54, 1.807) is 0 Å².